The summed E-state index contributed by atoms with van der Waals surface area (Å²) in [5.41, 5.74) is 4.20. The zero-order valence-electron chi connectivity index (χ0n) is 11.1. The highest BCUT2D eigenvalue weighted by Gasteiger charge is 2.18. The molecule has 4 nitrogen and oxygen atoms in total. The van der Waals surface area contributed by atoms with E-state index in [0.717, 1.165) is 12.8 Å². The molecule has 21 heavy (non-hydrogen) atoms. The molecule has 0 aliphatic heterocycles. The number of hydrogen-bond acceptors (Lipinski definition) is 4. The van der Waals surface area contributed by atoms with Crippen molar-refractivity contribution in [2.45, 2.75) is 19.3 Å². The second-order valence-corrected chi connectivity index (χ2v) is 6.39. The molecule has 1 aromatic carbocycles. The van der Waals surface area contributed by atoms with Crippen molar-refractivity contribution in [1.29, 1.82) is 0 Å². The number of amides is 1. The number of carbonyl (C=O) groups is 1. The Bertz CT molecular complexity index is 703. The van der Waals surface area contributed by atoms with E-state index in [-0.39, 0.29) is 11.7 Å². The van der Waals surface area contributed by atoms with Gasteiger partial charge in [0.25, 0.3) is 5.91 Å². The van der Waals surface area contributed by atoms with Crippen LogP contribution in [0.25, 0.3) is 0 Å². The average molecular weight is 321 g/mol. The van der Waals surface area contributed by atoms with Crippen molar-refractivity contribution in [2.75, 3.05) is 0 Å². The van der Waals surface area contributed by atoms with Gasteiger partial charge in [0.05, 0.1) is 11.1 Å². The monoisotopic (exact) mass is 320 g/mol. The quantitative estimate of drug-likeness (QED) is 0.673. The van der Waals surface area contributed by atoms with Crippen molar-refractivity contribution < 1.29 is 9.90 Å². The fourth-order valence-corrected chi connectivity index (χ4v) is 3.61. The number of rotatable bonds is 3. The van der Waals surface area contributed by atoms with Gasteiger partial charge >= 0.3 is 0 Å². The Morgan fingerprint density at radius 3 is 3.05 bits per heavy atom. The van der Waals surface area contributed by atoms with Crippen LogP contribution in [-0.2, 0) is 12.8 Å². The molecule has 0 atom stereocenters. The number of thiophene rings is 1. The van der Waals surface area contributed by atoms with E-state index in [9.17, 15) is 9.90 Å². The molecule has 1 amide bonds. The molecule has 2 N–H and O–H groups in total. The molecular weight excluding hydrogens is 308 g/mol. The third-order valence-electron chi connectivity index (χ3n) is 3.33. The molecule has 3 rings (SSSR count). The number of benzene rings is 1. The van der Waals surface area contributed by atoms with E-state index in [1.807, 2.05) is 6.07 Å². The Morgan fingerprint density at radius 2 is 2.24 bits per heavy atom. The highest BCUT2D eigenvalue weighted by molar-refractivity contribution is 7.14. The SMILES string of the molecule is O=C(N/N=C/c1cc(Cl)ccc1O)c1cc2c(s1)CCC2. The molecule has 0 bridgehead atoms. The first-order valence-electron chi connectivity index (χ1n) is 6.57. The van der Waals surface area contributed by atoms with Gasteiger partial charge in [-0.15, -0.1) is 11.3 Å². The highest BCUT2D eigenvalue weighted by Crippen LogP contribution is 2.30. The lowest BCUT2D eigenvalue weighted by molar-refractivity contribution is 0.0959. The Hall–Kier alpha value is -1.85. The topological polar surface area (TPSA) is 61.7 Å². The summed E-state index contributed by atoms with van der Waals surface area (Å²) in [5.74, 6) is -0.167. The Balaban J connectivity index is 1.67. The maximum Gasteiger partial charge on any atom is 0.281 e. The summed E-state index contributed by atoms with van der Waals surface area (Å²) in [4.78, 5) is 14.0. The maximum absolute atomic E-state index is 12.0. The van der Waals surface area contributed by atoms with E-state index >= 15 is 0 Å². The van der Waals surface area contributed by atoms with Crippen molar-refractivity contribution in [3.05, 3.63) is 50.2 Å². The van der Waals surface area contributed by atoms with Crippen LogP contribution < -0.4 is 5.43 Å². The van der Waals surface area contributed by atoms with Crippen molar-refractivity contribution in [3.8, 4) is 5.75 Å². The number of fused-ring (bicyclic) bond motifs is 1. The van der Waals surface area contributed by atoms with Gasteiger partial charge in [0.15, 0.2) is 0 Å². The number of nitrogens with one attached hydrogen (secondary N) is 1. The number of carbonyl (C=O) groups excluding carboxylic acids is 1. The first kappa shape index (κ1) is 14.1. The van der Waals surface area contributed by atoms with Crippen LogP contribution >= 0.6 is 22.9 Å². The normalized spacial score (nSPS) is 13.6. The lowest BCUT2D eigenvalue weighted by Gasteiger charge is -1.99. The van der Waals surface area contributed by atoms with Crippen LogP contribution in [0, 0.1) is 0 Å². The lowest BCUT2D eigenvalue weighted by Crippen LogP contribution is -2.16. The summed E-state index contributed by atoms with van der Waals surface area (Å²) in [6.07, 6.45) is 4.67. The summed E-state index contributed by atoms with van der Waals surface area (Å²) < 4.78 is 0. The molecule has 0 saturated carbocycles. The van der Waals surface area contributed by atoms with E-state index in [2.05, 4.69) is 10.5 Å². The number of hydrogen-bond donors (Lipinski definition) is 2. The number of hydrazone groups is 1. The molecule has 1 aliphatic rings. The molecule has 1 heterocycles. The molecule has 1 aromatic heterocycles. The van der Waals surface area contributed by atoms with Crippen molar-refractivity contribution >= 4 is 35.1 Å². The molecule has 0 unspecified atom stereocenters. The van der Waals surface area contributed by atoms with E-state index in [1.165, 1.54) is 40.5 Å². The first-order valence-corrected chi connectivity index (χ1v) is 7.76. The second-order valence-electron chi connectivity index (χ2n) is 4.81. The fourth-order valence-electron chi connectivity index (χ4n) is 2.29. The average Bonchev–Trinajstić information content (AvgIpc) is 3.03. The maximum atomic E-state index is 12.0. The van der Waals surface area contributed by atoms with Gasteiger partial charge in [0.1, 0.15) is 5.75 Å². The van der Waals surface area contributed by atoms with E-state index in [0.29, 0.717) is 15.5 Å². The number of halogens is 1. The molecule has 0 spiro atoms. The van der Waals surface area contributed by atoms with Gasteiger partial charge in [0, 0.05) is 15.5 Å². The molecule has 2 aromatic rings. The number of phenolic OH excluding ortho intramolecular Hbond substituents is 1. The molecular formula is C15H13ClN2O2S. The highest BCUT2D eigenvalue weighted by atomic mass is 35.5. The van der Waals surface area contributed by atoms with Gasteiger partial charge in [-0.1, -0.05) is 11.6 Å². The van der Waals surface area contributed by atoms with Gasteiger partial charge in [-0.2, -0.15) is 5.10 Å². The number of aromatic hydroxyl groups is 1. The van der Waals surface area contributed by atoms with Crippen molar-refractivity contribution in [3.63, 3.8) is 0 Å². The lowest BCUT2D eigenvalue weighted by atomic mass is 10.2. The van der Waals surface area contributed by atoms with Crippen molar-refractivity contribution in [1.82, 2.24) is 5.43 Å². The van der Waals surface area contributed by atoms with Gasteiger partial charge in [-0.25, -0.2) is 5.43 Å². The van der Waals surface area contributed by atoms with E-state index in [4.69, 9.17) is 11.6 Å². The third-order valence-corrected chi connectivity index (χ3v) is 4.80. The third kappa shape index (κ3) is 3.09. The smallest absolute Gasteiger partial charge is 0.281 e. The molecule has 0 radical (unpaired) electrons. The van der Waals surface area contributed by atoms with Crippen LogP contribution in [-0.4, -0.2) is 17.2 Å². The van der Waals surface area contributed by atoms with Crippen LogP contribution in [0.5, 0.6) is 5.75 Å². The largest absolute Gasteiger partial charge is 0.507 e. The molecule has 108 valence electrons. The standard InChI is InChI=1S/C15H13ClN2O2S/c16-11-4-5-12(19)10(6-11)8-17-18-15(20)14-7-9-2-1-3-13(9)21-14/h4-8,19H,1-3H2,(H,18,20)/b17-8+. The predicted octanol–water partition coefficient (Wildman–Crippen LogP) is 3.36. The van der Waals surface area contributed by atoms with Crippen LogP contribution in [0.3, 0.4) is 0 Å². The minimum atomic E-state index is -0.229. The van der Waals surface area contributed by atoms with Crippen LogP contribution in [0.2, 0.25) is 5.02 Å². The molecule has 0 fully saturated rings. The summed E-state index contributed by atoms with van der Waals surface area (Å²) in [6.45, 7) is 0. The zero-order chi connectivity index (χ0) is 14.8. The second kappa shape index (κ2) is 5.87. The van der Waals surface area contributed by atoms with Gasteiger partial charge in [-0.3, -0.25) is 4.79 Å². The number of aryl methyl sites for hydroxylation is 2. The van der Waals surface area contributed by atoms with E-state index in [1.54, 1.807) is 12.1 Å². The molecule has 1 aliphatic carbocycles. The van der Waals surface area contributed by atoms with Crippen molar-refractivity contribution in [2.24, 2.45) is 5.10 Å². The summed E-state index contributed by atoms with van der Waals surface area (Å²) in [6, 6.07) is 6.58. The Labute approximate surface area is 131 Å². The number of phenols is 1. The van der Waals surface area contributed by atoms with Gasteiger partial charge in [-0.05, 0) is 49.1 Å². The summed E-state index contributed by atoms with van der Waals surface area (Å²) >= 11 is 7.36. The molecule has 0 saturated heterocycles. The fraction of sp³-hybridized carbons (Fsp3) is 0.200. The zero-order valence-corrected chi connectivity index (χ0v) is 12.7. The summed E-state index contributed by atoms with van der Waals surface area (Å²) in [7, 11) is 0. The van der Waals surface area contributed by atoms with Crippen LogP contribution in [0.1, 0.15) is 32.1 Å². The van der Waals surface area contributed by atoms with Crippen LogP contribution in [0.15, 0.2) is 29.4 Å². The Morgan fingerprint density at radius 1 is 1.38 bits per heavy atom. The first-order chi connectivity index (χ1) is 10.1. The summed E-state index contributed by atoms with van der Waals surface area (Å²) in [5, 5.41) is 14.0. The van der Waals surface area contributed by atoms with E-state index < -0.39 is 0 Å². The minimum absolute atomic E-state index is 0.0625. The van der Waals surface area contributed by atoms with Gasteiger partial charge < -0.3 is 5.11 Å². The number of nitrogens with zero attached hydrogens (tertiary/aromatic N) is 1. The molecule has 6 heteroatoms. The minimum Gasteiger partial charge on any atom is -0.507 e. The predicted molar refractivity (Wildman–Crippen MR) is 84.5 cm³/mol. The van der Waals surface area contributed by atoms with Crippen LogP contribution in [0.4, 0.5) is 0 Å². The Kier molecular flexibility index (Phi) is 3.94. The van der Waals surface area contributed by atoms with Gasteiger partial charge in [0.2, 0.25) is 0 Å².